The summed E-state index contributed by atoms with van der Waals surface area (Å²) in [6.45, 7) is 9.33. The van der Waals surface area contributed by atoms with Crippen LogP contribution in [0.15, 0.2) is 6.07 Å². The van der Waals surface area contributed by atoms with E-state index in [9.17, 15) is 0 Å². The average molecular weight is 266 g/mol. The summed E-state index contributed by atoms with van der Waals surface area (Å²) in [5.74, 6) is 0.950. The molecule has 3 heteroatoms. The van der Waals surface area contributed by atoms with Crippen LogP contribution in [0, 0.1) is 12.8 Å². The van der Waals surface area contributed by atoms with Gasteiger partial charge in [-0.15, -0.1) is 11.3 Å². The molecule has 1 aromatic rings. The van der Waals surface area contributed by atoms with Gasteiger partial charge in [0.15, 0.2) is 0 Å². The number of thiophene rings is 1. The van der Waals surface area contributed by atoms with E-state index >= 15 is 0 Å². The van der Waals surface area contributed by atoms with Gasteiger partial charge < -0.3 is 5.32 Å². The van der Waals surface area contributed by atoms with Gasteiger partial charge >= 0.3 is 0 Å². The van der Waals surface area contributed by atoms with Crippen molar-refractivity contribution >= 4 is 11.3 Å². The summed E-state index contributed by atoms with van der Waals surface area (Å²) in [5, 5.41) is 3.24. The highest BCUT2D eigenvalue weighted by atomic mass is 32.1. The Morgan fingerprint density at radius 3 is 3.06 bits per heavy atom. The normalized spacial score (nSPS) is 20.7. The molecular formula is C15H26N2S. The van der Waals surface area contributed by atoms with Crippen molar-refractivity contribution < 1.29 is 0 Å². The molecule has 0 aliphatic carbocycles. The second-order valence-electron chi connectivity index (χ2n) is 5.50. The summed E-state index contributed by atoms with van der Waals surface area (Å²) in [6.07, 6.45) is 4.15. The van der Waals surface area contributed by atoms with E-state index in [4.69, 9.17) is 0 Å². The zero-order valence-electron chi connectivity index (χ0n) is 12.0. The zero-order chi connectivity index (χ0) is 13.0. The summed E-state index contributed by atoms with van der Waals surface area (Å²) in [4.78, 5) is 5.60. The maximum absolute atomic E-state index is 3.24. The first kappa shape index (κ1) is 14.0. The summed E-state index contributed by atoms with van der Waals surface area (Å²) in [6, 6.07) is 2.39. The van der Waals surface area contributed by atoms with Gasteiger partial charge in [0.1, 0.15) is 0 Å². The van der Waals surface area contributed by atoms with Crippen molar-refractivity contribution in [2.24, 2.45) is 5.92 Å². The number of nitrogens with one attached hydrogen (secondary N) is 1. The smallest absolute Gasteiger partial charge is 0.0296 e. The van der Waals surface area contributed by atoms with Crippen molar-refractivity contribution in [2.45, 2.75) is 46.2 Å². The number of likely N-dealkylation sites (tertiary alicyclic amines) is 1. The number of rotatable bonds is 6. The van der Waals surface area contributed by atoms with Gasteiger partial charge in [0.2, 0.25) is 0 Å². The lowest BCUT2D eigenvalue weighted by Crippen LogP contribution is -2.20. The molecule has 1 aliphatic heterocycles. The Labute approximate surface area is 115 Å². The summed E-state index contributed by atoms with van der Waals surface area (Å²) in [5.41, 5.74) is 1.54. The molecule has 1 aromatic heterocycles. The van der Waals surface area contributed by atoms with Gasteiger partial charge in [0.05, 0.1) is 0 Å². The second kappa shape index (κ2) is 6.69. The predicted molar refractivity (Wildman–Crippen MR) is 80.1 cm³/mol. The van der Waals surface area contributed by atoms with Gasteiger partial charge in [-0.1, -0.05) is 13.3 Å². The molecule has 1 N–H and O–H groups in total. The third-order valence-corrected chi connectivity index (χ3v) is 4.98. The predicted octanol–water partition coefficient (Wildman–Crippen LogP) is 3.40. The molecule has 1 atom stereocenters. The first-order valence-electron chi connectivity index (χ1n) is 7.18. The Balaban J connectivity index is 1.89. The standard InChI is InChI=1S/C15H26N2S/c1-4-5-13-6-7-17(10-13)11-14-8-15(9-16-3)18-12(14)2/h8,13,16H,4-7,9-11H2,1-3H3. The van der Waals surface area contributed by atoms with E-state index < -0.39 is 0 Å². The highest BCUT2D eigenvalue weighted by molar-refractivity contribution is 7.12. The molecule has 1 aliphatic rings. The van der Waals surface area contributed by atoms with Crippen LogP contribution < -0.4 is 5.32 Å². The molecule has 2 rings (SSSR count). The van der Waals surface area contributed by atoms with Crippen LogP contribution in [0.4, 0.5) is 0 Å². The van der Waals surface area contributed by atoms with E-state index in [0.717, 1.165) is 19.0 Å². The summed E-state index contributed by atoms with van der Waals surface area (Å²) < 4.78 is 0. The van der Waals surface area contributed by atoms with E-state index in [-0.39, 0.29) is 0 Å². The first-order valence-corrected chi connectivity index (χ1v) is 7.99. The number of hydrogen-bond acceptors (Lipinski definition) is 3. The molecule has 0 spiro atoms. The fourth-order valence-electron chi connectivity index (χ4n) is 2.95. The minimum absolute atomic E-state index is 0.950. The fourth-order valence-corrected chi connectivity index (χ4v) is 4.01. The van der Waals surface area contributed by atoms with Gasteiger partial charge in [0.25, 0.3) is 0 Å². The fraction of sp³-hybridized carbons (Fsp3) is 0.733. The van der Waals surface area contributed by atoms with Crippen LogP contribution in [0.5, 0.6) is 0 Å². The third-order valence-electron chi connectivity index (χ3n) is 3.88. The van der Waals surface area contributed by atoms with Crippen molar-refractivity contribution in [2.75, 3.05) is 20.1 Å². The molecule has 0 amide bonds. The van der Waals surface area contributed by atoms with Gasteiger partial charge in [-0.25, -0.2) is 0 Å². The molecule has 0 bridgehead atoms. The Hall–Kier alpha value is -0.380. The molecule has 0 saturated carbocycles. The summed E-state index contributed by atoms with van der Waals surface area (Å²) >= 11 is 1.94. The maximum Gasteiger partial charge on any atom is 0.0296 e. The third kappa shape index (κ3) is 3.56. The Bertz CT molecular complexity index is 373. The van der Waals surface area contributed by atoms with Gasteiger partial charge in [0, 0.05) is 29.4 Å². The SMILES string of the molecule is CCCC1CCN(Cc2cc(CNC)sc2C)C1. The van der Waals surface area contributed by atoms with Gasteiger partial charge in [-0.05, 0) is 50.9 Å². The van der Waals surface area contributed by atoms with Crippen molar-refractivity contribution in [1.29, 1.82) is 0 Å². The van der Waals surface area contributed by atoms with Crippen molar-refractivity contribution in [1.82, 2.24) is 10.2 Å². The first-order chi connectivity index (χ1) is 8.72. The van der Waals surface area contributed by atoms with Crippen LogP contribution in [0.3, 0.4) is 0 Å². The molecule has 1 saturated heterocycles. The molecule has 0 aromatic carbocycles. The Kier molecular flexibility index (Phi) is 5.22. The number of nitrogens with zero attached hydrogens (tertiary/aromatic N) is 1. The molecule has 2 nitrogen and oxygen atoms in total. The lowest BCUT2D eigenvalue weighted by Gasteiger charge is -2.15. The van der Waals surface area contributed by atoms with Crippen LogP contribution in [0.2, 0.25) is 0 Å². The lowest BCUT2D eigenvalue weighted by molar-refractivity contribution is 0.313. The largest absolute Gasteiger partial charge is 0.315 e. The molecule has 1 fully saturated rings. The van der Waals surface area contributed by atoms with Crippen LogP contribution in [0.25, 0.3) is 0 Å². The van der Waals surface area contributed by atoms with Crippen molar-refractivity contribution in [3.63, 3.8) is 0 Å². The molecule has 0 radical (unpaired) electrons. The highest BCUT2D eigenvalue weighted by Gasteiger charge is 2.22. The van der Waals surface area contributed by atoms with Gasteiger partial charge in [-0.3, -0.25) is 4.90 Å². The van der Waals surface area contributed by atoms with Crippen LogP contribution in [-0.2, 0) is 13.1 Å². The van der Waals surface area contributed by atoms with E-state index in [0.29, 0.717) is 0 Å². The number of hydrogen-bond donors (Lipinski definition) is 1. The molecule has 102 valence electrons. The van der Waals surface area contributed by atoms with E-state index in [2.05, 4.69) is 30.1 Å². The monoisotopic (exact) mass is 266 g/mol. The van der Waals surface area contributed by atoms with Crippen molar-refractivity contribution in [3.8, 4) is 0 Å². The Morgan fingerprint density at radius 2 is 2.33 bits per heavy atom. The van der Waals surface area contributed by atoms with Crippen LogP contribution in [0.1, 0.15) is 41.5 Å². The maximum atomic E-state index is 3.24. The van der Waals surface area contributed by atoms with Crippen LogP contribution >= 0.6 is 11.3 Å². The van der Waals surface area contributed by atoms with Gasteiger partial charge in [-0.2, -0.15) is 0 Å². The molecule has 18 heavy (non-hydrogen) atoms. The average Bonchev–Trinajstić information content (AvgIpc) is 2.89. The van der Waals surface area contributed by atoms with E-state index in [1.54, 1.807) is 5.56 Å². The molecule has 1 unspecified atom stereocenters. The molecule has 2 heterocycles. The summed E-state index contributed by atoms with van der Waals surface area (Å²) in [7, 11) is 2.02. The minimum Gasteiger partial charge on any atom is -0.315 e. The topological polar surface area (TPSA) is 15.3 Å². The van der Waals surface area contributed by atoms with Crippen molar-refractivity contribution in [3.05, 3.63) is 21.4 Å². The van der Waals surface area contributed by atoms with E-state index in [1.807, 2.05) is 18.4 Å². The van der Waals surface area contributed by atoms with E-state index in [1.165, 1.54) is 42.1 Å². The number of aryl methyl sites for hydroxylation is 1. The lowest BCUT2D eigenvalue weighted by atomic mass is 10.0. The second-order valence-corrected chi connectivity index (χ2v) is 6.84. The minimum atomic E-state index is 0.950. The highest BCUT2D eigenvalue weighted by Crippen LogP contribution is 2.26. The molecular weight excluding hydrogens is 240 g/mol. The van der Waals surface area contributed by atoms with Crippen LogP contribution in [-0.4, -0.2) is 25.0 Å². The Morgan fingerprint density at radius 1 is 1.50 bits per heavy atom. The zero-order valence-corrected chi connectivity index (χ0v) is 12.8. The quantitative estimate of drug-likeness (QED) is 0.849.